The first-order valence-electron chi connectivity index (χ1n) is 36.1. The van der Waals surface area contributed by atoms with Gasteiger partial charge in [0.2, 0.25) is 0 Å². The van der Waals surface area contributed by atoms with Crippen LogP contribution in [0.5, 0.6) is 0 Å². The Kier molecular flexibility index (Phi) is 33.2. The molecule has 8 aromatic carbocycles. The molecular formula is C88H120N16. The molecule has 8 N–H and O–H groups in total. The summed E-state index contributed by atoms with van der Waals surface area (Å²) in [4.78, 5) is 37.3. The van der Waals surface area contributed by atoms with Crippen molar-refractivity contribution in [3.05, 3.63) is 225 Å². The Morgan fingerprint density at radius 1 is 0.279 bits per heavy atom. The third-order valence-corrected chi connectivity index (χ3v) is 15.6. The topological polar surface area (TPSA) is 195 Å². The van der Waals surface area contributed by atoms with Crippen LogP contribution in [0.2, 0.25) is 0 Å². The maximum absolute atomic E-state index is 4.77. The lowest BCUT2D eigenvalue weighted by Crippen LogP contribution is -2.20. The number of benzene rings is 8. The van der Waals surface area contributed by atoms with Crippen molar-refractivity contribution < 1.29 is 0 Å². The number of anilines is 8. The summed E-state index contributed by atoms with van der Waals surface area (Å²) in [5.74, 6) is 7.13. The fraction of sp³-hybridized carbons (Fsp3) is 0.364. The number of amidine groups is 8. The SMILES string of the molecule is CC(=NC(C)(C)C)Nc1ccccc1NC(C)=NC(C)(C)C.CC(=NCc1ccc(CN=C(C)Nc2c(C)cccc2C)cc1)Nc1c(C)cccc1C.CC(=Nc1c(C)cccc1C)Nc1ccccc1NC(C)=NC(C)C.CC(=Nc1c(C)cccc1C)Nc1ccccc1NC(C)=NC(C)C. The lowest BCUT2D eigenvalue weighted by Gasteiger charge is -2.19. The second kappa shape index (κ2) is 41.0. The van der Waals surface area contributed by atoms with Gasteiger partial charge in [0.25, 0.3) is 0 Å². The first-order valence-corrected chi connectivity index (χ1v) is 36.1. The maximum atomic E-state index is 4.77. The average Bonchev–Trinajstić information content (AvgIpc) is 0.863. The number of aliphatic imine (C=N–C) groups is 8. The van der Waals surface area contributed by atoms with Crippen LogP contribution in [-0.4, -0.2) is 69.8 Å². The fourth-order valence-electron chi connectivity index (χ4n) is 11.2. The monoisotopic (exact) mass is 1400 g/mol. The maximum Gasteiger partial charge on any atom is 0.104 e. The van der Waals surface area contributed by atoms with Crippen LogP contribution in [0.25, 0.3) is 0 Å². The molecule has 0 radical (unpaired) electrons. The Bertz CT molecular complexity index is 4000. The van der Waals surface area contributed by atoms with Gasteiger partial charge in [0, 0.05) is 23.5 Å². The van der Waals surface area contributed by atoms with Gasteiger partial charge < -0.3 is 42.5 Å². The Morgan fingerprint density at radius 2 is 0.510 bits per heavy atom. The van der Waals surface area contributed by atoms with Crippen molar-refractivity contribution >= 4 is 104 Å². The summed E-state index contributed by atoms with van der Waals surface area (Å²) in [5, 5.41) is 27.2. The predicted molar refractivity (Wildman–Crippen MR) is 460 cm³/mol. The minimum atomic E-state index is -0.0942. The molecule has 8 aromatic rings. The highest BCUT2D eigenvalue weighted by Gasteiger charge is 2.14. The summed E-state index contributed by atoms with van der Waals surface area (Å²) in [7, 11) is 0. The van der Waals surface area contributed by atoms with Gasteiger partial charge >= 0.3 is 0 Å². The number of nitrogens with zero attached hydrogens (tertiary/aromatic N) is 8. The van der Waals surface area contributed by atoms with Gasteiger partial charge in [0.1, 0.15) is 11.7 Å². The van der Waals surface area contributed by atoms with E-state index in [9.17, 15) is 0 Å². The van der Waals surface area contributed by atoms with E-state index in [0.717, 1.165) is 104 Å². The van der Waals surface area contributed by atoms with Crippen molar-refractivity contribution in [1.82, 2.24) is 0 Å². The molecule has 16 heteroatoms. The summed E-state index contributed by atoms with van der Waals surface area (Å²) in [6.45, 7) is 54.8. The number of aryl methyl sites for hydroxylation is 8. The van der Waals surface area contributed by atoms with E-state index in [1.807, 2.05) is 128 Å². The van der Waals surface area contributed by atoms with E-state index in [1.54, 1.807) is 0 Å². The third kappa shape index (κ3) is 30.6. The van der Waals surface area contributed by atoms with Crippen molar-refractivity contribution in [3.8, 4) is 0 Å². The second-order valence-corrected chi connectivity index (χ2v) is 29.0. The van der Waals surface area contributed by atoms with Gasteiger partial charge in [-0.15, -0.1) is 0 Å². The zero-order valence-electron chi connectivity index (χ0n) is 67.3. The molecule has 0 amide bonds. The standard InChI is InChI=1S/C28H34N4.2C21H28N4.C18H30N4/c1-19-9-7-10-20(2)27(19)31-23(5)29-17-25-13-15-26(16-14-25)18-30-24(6)32-28-21(3)11-8-12-22(28)4;2*1-14(2)22-17(5)23-19-12-7-8-13-20(19)24-18(6)25-21-15(3)10-9-11-16(21)4;1-13(21-17(3,4)5)19-15-11-9-10-12-16(15)20-14(2)22-18(6,7)8/h7-16H,17-18H2,1-6H3,(H,29,31)(H,30,32);2*7-14H,1-6H3,(H,22,23)(H,24,25);9-12H,1-8H3,(H,19,21)(H,20,22). The second-order valence-electron chi connectivity index (χ2n) is 29.0. The molecule has 0 fully saturated rings. The quantitative estimate of drug-likeness (QED) is 0.0346. The van der Waals surface area contributed by atoms with Crippen LogP contribution in [0.4, 0.5) is 56.9 Å². The van der Waals surface area contributed by atoms with Gasteiger partial charge in [-0.05, 0) is 272 Å². The molecule has 0 spiro atoms. The Morgan fingerprint density at radius 3 is 0.750 bits per heavy atom. The van der Waals surface area contributed by atoms with Gasteiger partial charge in [-0.1, -0.05) is 133 Å². The number of hydrogen-bond donors (Lipinski definition) is 8. The minimum absolute atomic E-state index is 0.0942. The first kappa shape index (κ1) is 84.2. The van der Waals surface area contributed by atoms with Crippen molar-refractivity contribution in [3.63, 3.8) is 0 Å². The van der Waals surface area contributed by atoms with Crippen LogP contribution in [0.3, 0.4) is 0 Å². The molecule has 16 nitrogen and oxygen atoms in total. The van der Waals surface area contributed by atoms with Gasteiger partial charge in [0.05, 0.1) is 105 Å². The van der Waals surface area contributed by atoms with Crippen LogP contribution in [-0.2, 0) is 13.1 Å². The van der Waals surface area contributed by atoms with Crippen LogP contribution >= 0.6 is 0 Å². The van der Waals surface area contributed by atoms with Gasteiger partial charge in [-0.25, -0.2) is 9.98 Å². The number of hydrogen-bond acceptors (Lipinski definition) is 8. The molecule has 0 unspecified atom stereocenters. The summed E-state index contributed by atoms with van der Waals surface area (Å²) >= 11 is 0. The van der Waals surface area contributed by atoms with Gasteiger partial charge in [-0.3, -0.25) is 30.0 Å². The van der Waals surface area contributed by atoms with E-state index < -0.39 is 0 Å². The molecule has 0 heterocycles. The summed E-state index contributed by atoms with van der Waals surface area (Å²) in [6, 6.07) is 58.4. The summed E-state index contributed by atoms with van der Waals surface area (Å²) < 4.78 is 0. The molecule has 0 atom stereocenters. The molecule has 0 aliphatic carbocycles. The number of rotatable bonds is 16. The third-order valence-electron chi connectivity index (χ3n) is 15.6. The van der Waals surface area contributed by atoms with E-state index in [1.165, 1.54) is 55.6 Å². The highest BCUT2D eigenvalue weighted by atomic mass is 15.1. The highest BCUT2D eigenvalue weighted by molar-refractivity contribution is 6.05. The minimum Gasteiger partial charge on any atom is -0.344 e. The lowest BCUT2D eigenvalue weighted by molar-refractivity contribution is 0.582. The van der Waals surface area contributed by atoms with E-state index in [-0.39, 0.29) is 23.2 Å². The molecule has 104 heavy (non-hydrogen) atoms. The van der Waals surface area contributed by atoms with Gasteiger partial charge in [-0.2, -0.15) is 0 Å². The van der Waals surface area contributed by atoms with Crippen molar-refractivity contribution in [2.24, 2.45) is 39.9 Å². The molecule has 552 valence electrons. The summed E-state index contributed by atoms with van der Waals surface area (Å²) in [5.41, 5.74) is 22.1. The molecular weight excluding hydrogens is 1280 g/mol. The summed E-state index contributed by atoms with van der Waals surface area (Å²) in [6.07, 6.45) is 0. The molecule has 0 aromatic heterocycles. The van der Waals surface area contributed by atoms with Crippen molar-refractivity contribution in [2.45, 2.75) is 216 Å². The lowest BCUT2D eigenvalue weighted by atomic mass is 10.1. The highest BCUT2D eigenvalue weighted by Crippen LogP contribution is 2.29. The Hall–Kier alpha value is -10.5. The molecule has 0 bridgehead atoms. The van der Waals surface area contributed by atoms with E-state index in [4.69, 9.17) is 20.0 Å². The molecule has 0 aliphatic rings. The van der Waals surface area contributed by atoms with Crippen LogP contribution in [0.15, 0.2) is 210 Å². The Labute approximate surface area is 624 Å². The van der Waals surface area contributed by atoms with E-state index >= 15 is 0 Å². The van der Waals surface area contributed by atoms with Crippen LogP contribution in [0.1, 0.15) is 180 Å². The van der Waals surface area contributed by atoms with Crippen LogP contribution in [0, 0.1) is 55.4 Å². The molecule has 0 aliphatic heterocycles. The van der Waals surface area contributed by atoms with E-state index in [0.29, 0.717) is 13.1 Å². The average molecular weight is 1400 g/mol. The fourth-order valence-corrected chi connectivity index (χ4v) is 11.2. The zero-order valence-corrected chi connectivity index (χ0v) is 67.3. The normalized spacial score (nSPS) is 12.7. The zero-order chi connectivity index (χ0) is 76.8. The molecule has 8 rings (SSSR count). The molecule has 0 saturated carbocycles. The van der Waals surface area contributed by atoms with Crippen LogP contribution < -0.4 is 42.5 Å². The van der Waals surface area contributed by atoms with E-state index in [2.05, 4.69) is 284 Å². The van der Waals surface area contributed by atoms with Gasteiger partial charge in [0.15, 0.2) is 0 Å². The smallest absolute Gasteiger partial charge is 0.104 e. The number of nitrogens with one attached hydrogen (secondary N) is 8. The Balaban J connectivity index is 0.000000252. The molecule has 0 saturated heterocycles. The van der Waals surface area contributed by atoms with Crippen molar-refractivity contribution in [2.75, 3.05) is 42.5 Å². The largest absolute Gasteiger partial charge is 0.344 e. The van der Waals surface area contributed by atoms with Crippen molar-refractivity contribution in [1.29, 1.82) is 0 Å². The first-order chi connectivity index (χ1) is 49.0. The number of para-hydroxylation sites is 10. The predicted octanol–water partition coefficient (Wildman–Crippen LogP) is 23.3.